The second kappa shape index (κ2) is 6.27. The second-order valence-corrected chi connectivity index (χ2v) is 4.65. The predicted octanol–water partition coefficient (Wildman–Crippen LogP) is 2.44. The summed E-state index contributed by atoms with van der Waals surface area (Å²) in [6, 6.07) is 4.61. The van der Waals surface area contributed by atoms with Gasteiger partial charge in [-0.25, -0.2) is 4.39 Å². The van der Waals surface area contributed by atoms with E-state index >= 15 is 0 Å². The zero-order chi connectivity index (χ0) is 13.0. The van der Waals surface area contributed by atoms with Crippen molar-refractivity contribution in [2.75, 3.05) is 26.3 Å². The molecule has 2 rings (SSSR count). The summed E-state index contributed by atoms with van der Waals surface area (Å²) in [6.07, 6.45) is 1.22. The number of nitrogens with zero attached hydrogens (tertiary/aromatic N) is 1. The Morgan fingerprint density at radius 3 is 2.78 bits per heavy atom. The van der Waals surface area contributed by atoms with Gasteiger partial charge in [0.25, 0.3) is 0 Å². The van der Waals surface area contributed by atoms with Gasteiger partial charge < -0.3 is 9.53 Å². The fraction of sp³-hybridized carbons (Fsp3) is 0.462. The van der Waals surface area contributed by atoms with Crippen LogP contribution in [0.15, 0.2) is 18.2 Å². The Bertz CT molecular complexity index is 421. The van der Waals surface area contributed by atoms with Crippen molar-refractivity contribution >= 4 is 17.9 Å². The summed E-state index contributed by atoms with van der Waals surface area (Å²) in [5, 5.41) is 0.102. The van der Waals surface area contributed by atoms with Crippen LogP contribution in [0.1, 0.15) is 18.0 Å². The van der Waals surface area contributed by atoms with Gasteiger partial charge in [-0.3, -0.25) is 4.90 Å². The third-order valence-electron chi connectivity index (χ3n) is 3.13. The lowest BCUT2D eigenvalue weighted by atomic mass is 10.0. The lowest BCUT2D eigenvalue weighted by Crippen LogP contribution is -2.39. The minimum absolute atomic E-state index is 0.0989. The highest BCUT2D eigenvalue weighted by Gasteiger charge is 2.22. The Morgan fingerprint density at radius 1 is 1.44 bits per heavy atom. The van der Waals surface area contributed by atoms with Crippen molar-refractivity contribution in [3.63, 3.8) is 0 Å². The number of aldehydes is 1. The smallest absolute Gasteiger partial charge is 0.142 e. The molecule has 1 aliphatic rings. The maximum atomic E-state index is 13.5. The van der Waals surface area contributed by atoms with Crippen LogP contribution < -0.4 is 0 Å². The molecule has 0 radical (unpaired) electrons. The van der Waals surface area contributed by atoms with Crippen molar-refractivity contribution in [3.8, 4) is 0 Å². The number of rotatable bonds is 4. The normalized spacial score (nSPS) is 18.6. The molecule has 5 heteroatoms. The van der Waals surface area contributed by atoms with E-state index in [0.717, 1.165) is 24.9 Å². The summed E-state index contributed by atoms with van der Waals surface area (Å²) >= 11 is 5.67. The van der Waals surface area contributed by atoms with E-state index in [1.807, 2.05) is 0 Å². The number of hydrogen-bond donors (Lipinski definition) is 0. The molecule has 3 nitrogen and oxygen atoms in total. The molecule has 1 fully saturated rings. The molecular weight excluding hydrogens is 257 g/mol. The number of halogens is 2. The molecule has 98 valence electrons. The SMILES string of the molecule is O=CCC(c1ccc(Cl)c(F)c1)N1CCOCC1. The third-order valence-corrected chi connectivity index (χ3v) is 3.44. The van der Waals surface area contributed by atoms with Crippen molar-refractivity contribution in [2.45, 2.75) is 12.5 Å². The van der Waals surface area contributed by atoms with Gasteiger partial charge >= 0.3 is 0 Å². The van der Waals surface area contributed by atoms with E-state index in [2.05, 4.69) is 4.90 Å². The van der Waals surface area contributed by atoms with E-state index < -0.39 is 5.82 Å². The first-order chi connectivity index (χ1) is 8.72. The van der Waals surface area contributed by atoms with Crippen LogP contribution in [-0.2, 0) is 9.53 Å². The largest absolute Gasteiger partial charge is 0.379 e. The van der Waals surface area contributed by atoms with E-state index in [1.54, 1.807) is 6.07 Å². The third kappa shape index (κ3) is 3.07. The molecule has 1 saturated heterocycles. The lowest BCUT2D eigenvalue weighted by Gasteiger charge is -2.33. The maximum absolute atomic E-state index is 13.5. The van der Waals surface area contributed by atoms with E-state index in [4.69, 9.17) is 16.3 Å². The Labute approximate surface area is 110 Å². The van der Waals surface area contributed by atoms with E-state index in [9.17, 15) is 9.18 Å². The average Bonchev–Trinajstić information content (AvgIpc) is 2.40. The van der Waals surface area contributed by atoms with E-state index in [0.29, 0.717) is 19.6 Å². The summed E-state index contributed by atoms with van der Waals surface area (Å²) in [4.78, 5) is 12.9. The highest BCUT2D eigenvalue weighted by Crippen LogP contribution is 2.27. The van der Waals surface area contributed by atoms with Crippen LogP contribution in [-0.4, -0.2) is 37.5 Å². The molecule has 18 heavy (non-hydrogen) atoms. The second-order valence-electron chi connectivity index (χ2n) is 4.24. The van der Waals surface area contributed by atoms with Crippen molar-refractivity contribution in [1.29, 1.82) is 0 Å². The summed E-state index contributed by atoms with van der Waals surface area (Å²) < 4.78 is 18.8. The molecule has 1 aromatic carbocycles. The molecular formula is C13H15ClFNO2. The number of hydrogen-bond acceptors (Lipinski definition) is 3. The fourth-order valence-electron chi connectivity index (χ4n) is 2.20. The Hall–Kier alpha value is -0.970. The van der Waals surface area contributed by atoms with E-state index in [1.165, 1.54) is 12.1 Å². The standard InChI is InChI=1S/C13H15ClFNO2/c14-11-2-1-10(9-12(11)15)13(3-6-17)16-4-7-18-8-5-16/h1-2,6,9,13H,3-5,7-8H2. The Balaban J connectivity index is 2.22. The first kappa shape index (κ1) is 13.5. The van der Waals surface area contributed by atoms with Gasteiger partial charge in [0.15, 0.2) is 0 Å². The van der Waals surface area contributed by atoms with Crippen LogP contribution in [0.5, 0.6) is 0 Å². The summed E-state index contributed by atoms with van der Waals surface area (Å²) in [6.45, 7) is 2.79. The molecule has 1 heterocycles. The lowest BCUT2D eigenvalue weighted by molar-refractivity contribution is -0.109. The minimum atomic E-state index is -0.446. The average molecular weight is 272 g/mol. The topological polar surface area (TPSA) is 29.5 Å². The molecule has 0 bridgehead atoms. The summed E-state index contributed by atoms with van der Waals surface area (Å²) in [5.74, 6) is -0.446. The van der Waals surface area contributed by atoms with Gasteiger partial charge in [0.2, 0.25) is 0 Å². The molecule has 0 aliphatic carbocycles. The molecule has 1 unspecified atom stereocenters. The molecule has 1 aromatic rings. The van der Waals surface area contributed by atoms with Crippen LogP contribution in [0.3, 0.4) is 0 Å². The van der Waals surface area contributed by atoms with E-state index in [-0.39, 0.29) is 11.1 Å². The van der Waals surface area contributed by atoms with Gasteiger partial charge in [0.1, 0.15) is 12.1 Å². The number of carbonyl (C=O) groups is 1. The minimum Gasteiger partial charge on any atom is -0.379 e. The molecule has 0 spiro atoms. The first-order valence-electron chi connectivity index (χ1n) is 5.92. The van der Waals surface area contributed by atoms with Gasteiger partial charge in [0.05, 0.1) is 18.2 Å². The van der Waals surface area contributed by atoms with Crippen molar-refractivity contribution in [3.05, 3.63) is 34.6 Å². The molecule has 1 atom stereocenters. The number of morpholine rings is 1. The molecule has 0 amide bonds. The highest BCUT2D eigenvalue weighted by atomic mass is 35.5. The maximum Gasteiger partial charge on any atom is 0.142 e. The highest BCUT2D eigenvalue weighted by molar-refractivity contribution is 6.30. The monoisotopic (exact) mass is 271 g/mol. The first-order valence-corrected chi connectivity index (χ1v) is 6.30. The van der Waals surface area contributed by atoms with Crippen LogP contribution >= 0.6 is 11.6 Å². The Morgan fingerprint density at radius 2 is 2.17 bits per heavy atom. The summed E-state index contributed by atoms with van der Waals surface area (Å²) in [5.41, 5.74) is 0.783. The fourth-order valence-corrected chi connectivity index (χ4v) is 2.31. The van der Waals surface area contributed by atoms with Crippen LogP contribution in [0, 0.1) is 5.82 Å². The van der Waals surface area contributed by atoms with Gasteiger partial charge in [-0.1, -0.05) is 17.7 Å². The molecule has 0 aromatic heterocycles. The van der Waals surface area contributed by atoms with Gasteiger partial charge in [-0.2, -0.15) is 0 Å². The van der Waals surface area contributed by atoms with Gasteiger partial charge in [-0.05, 0) is 17.7 Å². The van der Waals surface area contributed by atoms with Crippen LogP contribution in [0.25, 0.3) is 0 Å². The molecule has 0 N–H and O–H groups in total. The zero-order valence-electron chi connectivity index (χ0n) is 9.94. The number of ether oxygens (including phenoxy) is 1. The molecule has 0 saturated carbocycles. The Kier molecular flexibility index (Phi) is 4.69. The van der Waals surface area contributed by atoms with Crippen molar-refractivity contribution < 1.29 is 13.9 Å². The quantitative estimate of drug-likeness (QED) is 0.788. The van der Waals surface area contributed by atoms with Gasteiger partial charge in [-0.15, -0.1) is 0 Å². The predicted molar refractivity (Wildman–Crippen MR) is 67.2 cm³/mol. The van der Waals surface area contributed by atoms with Crippen LogP contribution in [0.2, 0.25) is 5.02 Å². The number of benzene rings is 1. The summed E-state index contributed by atoms with van der Waals surface area (Å²) in [7, 11) is 0. The number of carbonyl (C=O) groups excluding carboxylic acids is 1. The van der Waals surface area contributed by atoms with Crippen molar-refractivity contribution in [2.24, 2.45) is 0 Å². The van der Waals surface area contributed by atoms with Crippen LogP contribution in [0.4, 0.5) is 4.39 Å². The van der Waals surface area contributed by atoms with Crippen molar-refractivity contribution in [1.82, 2.24) is 4.90 Å². The van der Waals surface area contributed by atoms with Gasteiger partial charge in [0, 0.05) is 25.6 Å². The zero-order valence-corrected chi connectivity index (χ0v) is 10.7. The molecule has 1 aliphatic heterocycles.